The minimum absolute atomic E-state index is 0.0536. The molecule has 5 N–H and O–H groups in total. The third-order valence-electron chi connectivity index (χ3n) is 17.9. The molecule has 23 nitrogen and oxygen atoms in total. The van der Waals surface area contributed by atoms with Gasteiger partial charge >= 0.3 is 11.9 Å². The first-order valence-electron chi connectivity index (χ1n) is 31.0. The summed E-state index contributed by atoms with van der Waals surface area (Å²) in [6.07, 6.45) is 9.07. The molecule has 0 radical (unpaired) electrons. The minimum atomic E-state index is -1.17. The van der Waals surface area contributed by atoms with Gasteiger partial charge in [-0.15, -0.1) is 5.10 Å². The lowest BCUT2D eigenvalue weighted by molar-refractivity contribution is -0.149. The maximum atomic E-state index is 14.8. The fourth-order valence-electron chi connectivity index (χ4n) is 12.8. The van der Waals surface area contributed by atoms with E-state index < -0.39 is 72.1 Å². The number of amides is 6. The molecule has 5 rings (SSSR count). The lowest BCUT2D eigenvalue weighted by Gasteiger charge is -2.41. The maximum Gasteiger partial charge on any atom is 0.326 e. The number of nitrogens with one attached hydrogen (secondary N) is 3. The molecular weight excluding hydrogens is 1090 g/mol. The number of unbranched alkanes of at least 4 members (excludes halogenated alkanes) is 4. The number of nitrogens with zero attached hydrogens (tertiary/aromatic N) is 6. The van der Waals surface area contributed by atoms with Gasteiger partial charge in [-0.25, -0.2) is 9.48 Å². The second-order valence-electron chi connectivity index (χ2n) is 24.0. The van der Waals surface area contributed by atoms with Crippen molar-refractivity contribution in [2.75, 3.05) is 54.2 Å². The lowest BCUT2D eigenvalue weighted by atomic mass is 9.89. The summed E-state index contributed by atoms with van der Waals surface area (Å²) in [6.45, 7) is 15.4. The molecule has 0 spiro atoms. The van der Waals surface area contributed by atoms with Gasteiger partial charge in [0.25, 0.3) is 0 Å². The third kappa shape index (κ3) is 19.7. The maximum absolute atomic E-state index is 14.8. The van der Waals surface area contributed by atoms with E-state index in [1.807, 2.05) is 33.8 Å². The SMILES string of the molecule is CCCCCCCC(CC(=O)NCc1cn(CCOCCOCCC(=O)N2[C@H](C(=O)N[C@H](C(=O)N(C)[C@@H]([C@@H](C)CC)[C@@H](CC(=O)N3CCC[C@H]3[C@H](OC)[C@@H](C)C(=O)N[C@@H](Cc3ccccc3)C(=O)O)OC)C(C)C)[C@H]3CC[C@H]2[C@H]3C)nn1)C(=O)O. The number of likely N-dealkylation sites (tertiary alicyclic amines) is 2. The Hall–Kier alpha value is -6.04. The van der Waals surface area contributed by atoms with Gasteiger partial charge in [-0.1, -0.05) is 123 Å². The number of hydrogen-bond acceptors (Lipinski definition) is 14. The number of carbonyl (C=O) groups excluding carboxylic acids is 6. The number of carboxylic acids is 2. The Morgan fingerprint density at radius 2 is 1.53 bits per heavy atom. The molecule has 2 bridgehead atoms. The van der Waals surface area contributed by atoms with Crippen LogP contribution in [0.4, 0.5) is 0 Å². The van der Waals surface area contributed by atoms with Gasteiger partial charge in [0.05, 0.1) is 94.7 Å². The monoisotopic (exact) mass is 1190 g/mol. The summed E-state index contributed by atoms with van der Waals surface area (Å²) < 4.78 is 25.2. The fraction of sp³-hybridized carbons (Fsp3) is 0.742. The number of hydrogen-bond donors (Lipinski definition) is 5. The highest BCUT2D eigenvalue weighted by Crippen LogP contribution is 2.47. The van der Waals surface area contributed by atoms with Crippen LogP contribution in [0.1, 0.15) is 150 Å². The van der Waals surface area contributed by atoms with Crippen molar-refractivity contribution in [1.82, 2.24) is 45.6 Å². The summed E-state index contributed by atoms with van der Waals surface area (Å²) in [4.78, 5) is 113. The summed E-state index contributed by atoms with van der Waals surface area (Å²) in [5.74, 6) is -6.18. The molecule has 1 saturated carbocycles. The molecule has 2 aromatic rings. The molecule has 6 amide bonds. The highest BCUT2D eigenvalue weighted by Gasteiger charge is 2.56. The van der Waals surface area contributed by atoms with Crippen LogP contribution in [0.25, 0.3) is 0 Å². The Bertz CT molecular complexity index is 2460. The first kappa shape index (κ1) is 69.7. The molecule has 1 aromatic heterocycles. The summed E-state index contributed by atoms with van der Waals surface area (Å²) in [7, 11) is 4.67. The molecule has 476 valence electrons. The molecule has 2 saturated heterocycles. The van der Waals surface area contributed by atoms with Gasteiger partial charge in [-0.2, -0.15) is 0 Å². The topological polar surface area (TPSA) is 290 Å². The summed E-state index contributed by atoms with van der Waals surface area (Å²) in [6, 6.07) is 4.95. The predicted octanol–water partition coefficient (Wildman–Crippen LogP) is 5.27. The first-order valence-corrected chi connectivity index (χ1v) is 31.0. The summed E-state index contributed by atoms with van der Waals surface area (Å²) >= 11 is 0. The minimum Gasteiger partial charge on any atom is -0.481 e. The molecule has 1 aromatic carbocycles. The van der Waals surface area contributed by atoms with E-state index in [2.05, 4.69) is 40.1 Å². The molecule has 2 aliphatic heterocycles. The average molecular weight is 1190 g/mol. The zero-order valence-corrected chi connectivity index (χ0v) is 52.1. The largest absolute Gasteiger partial charge is 0.481 e. The van der Waals surface area contributed by atoms with E-state index in [-0.39, 0.29) is 111 Å². The van der Waals surface area contributed by atoms with Gasteiger partial charge in [0.15, 0.2) is 0 Å². The number of likely N-dealkylation sites (N-methyl/N-ethyl adjacent to an activating group) is 1. The van der Waals surface area contributed by atoms with Crippen LogP contribution in [0.3, 0.4) is 0 Å². The van der Waals surface area contributed by atoms with Crippen molar-refractivity contribution in [2.45, 2.75) is 206 Å². The zero-order valence-electron chi connectivity index (χ0n) is 52.1. The van der Waals surface area contributed by atoms with E-state index >= 15 is 0 Å². The van der Waals surface area contributed by atoms with Crippen LogP contribution in [0, 0.1) is 35.5 Å². The molecule has 1 aliphatic carbocycles. The molecule has 23 heteroatoms. The number of rotatable bonds is 39. The number of aliphatic carboxylic acids is 2. The number of benzene rings is 1. The Kier molecular flexibility index (Phi) is 28.7. The first-order chi connectivity index (χ1) is 40.7. The van der Waals surface area contributed by atoms with Crippen LogP contribution in [-0.2, 0) is 76.8 Å². The molecule has 3 heterocycles. The molecule has 3 aliphatic rings. The third-order valence-corrected chi connectivity index (χ3v) is 17.9. The van der Waals surface area contributed by atoms with Crippen molar-refractivity contribution in [3.05, 3.63) is 47.8 Å². The molecule has 13 atom stereocenters. The van der Waals surface area contributed by atoms with E-state index in [4.69, 9.17) is 18.9 Å². The second kappa shape index (κ2) is 34.9. The van der Waals surface area contributed by atoms with Crippen molar-refractivity contribution < 1.29 is 67.5 Å². The van der Waals surface area contributed by atoms with Crippen LogP contribution < -0.4 is 16.0 Å². The lowest BCUT2D eigenvalue weighted by Crippen LogP contribution is -2.60. The van der Waals surface area contributed by atoms with Crippen LogP contribution in [0.5, 0.6) is 0 Å². The van der Waals surface area contributed by atoms with Crippen molar-refractivity contribution in [2.24, 2.45) is 35.5 Å². The number of fused-ring (bicyclic) bond motifs is 2. The highest BCUT2D eigenvalue weighted by atomic mass is 16.5. The fourth-order valence-corrected chi connectivity index (χ4v) is 12.8. The number of piperidine rings is 1. The van der Waals surface area contributed by atoms with Gasteiger partial charge in [0.1, 0.15) is 23.8 Å². The van der Waals surface area contributed by atoms with Crippen molar-refractivity contribution in [3.8, 4) is 0 Å². The Morgan fingerprint density at radius 1 is 0.824 bits per heavy atom. The van der Waals surface area contributed by atoms with Crippen LogP contribution in [-0.4, -0.2) is 190 Å². The van der Waals surface area contributed by atoms with E-state index in [0.29, 0.717) is 51.1 Å². The van der Waals surface area contributed by atoms with E-state index in [1.165, 1.54) is 14.2 Å². The van der Waals surface area contributed by atoms with Crippen molar-refractivity contribution in [3.63, 3.8) is 0 Å². The summed E-state index contributed by atoms with van der Waals surface area (Å²) in [5, 5.41) is 36.3. The van der Waals surface area contributed by atoms with Crippen LogP contribution in [0.2, 0.25) is 0 Å². The van der Waals surface area contributed by atoms with Crippen molar-refractivity contribution >= 4 is 47.4 Å². The zero-order chi connectivity index (χ0) is 62.3. The number of aromatic nitrogens is 3. The van der Waals surface area contributed by atoms with Gasteiger partial charge in [0.2, 0.25) is 35.4 Å². The average Bonchev–Trinajstić information content (AvgIpc) is 1.85. The van der Waals surface area contributed by atoms with E-state index in [9.17, 15) is 48.6 Å². The van der Waals surface area contributed by atoms with E-state index in [1.54, 1.807) is 63.8 Å². The van der Waals surface area contributed by atoms with Gasteiger partial charge in [-0.05, 0) is 61.3 Å². The van der Waals surface area contributed by atoms with Crippen LogP contribution in [0.15, 0.2) is 36.5 Å². The number of methoxy groups -OCH3 is 2. The van der Waals surface area contributed by atoms with Gasteiger partial charge in [-0.3, -0.25) is 33.6 Å². The number of ether oxygens (including phenoxy) is 4. The normalized spacial score (nSPS) is 21.1. The standard InChI is InChI=1S/C62H99N9O14/c1-11-13-14-15-19-23-44(61(78)79)35-51(72)63-37-45-38-69(67-66-45)29-31-85-33-32-84-30-27-52(73)71-48-26-25-46(41(48)6)56(71)59(76)65-54(39(3)4)60(77)68(8)55(40(5)12-2)50(82-9)36-53(74)70-28-20-24-49(70)57(83-10)42(7)58(75)64-47(62(80)81)34-43-21-17-16-18-22-43/h16-18,21-22,38-42,44,46-50,54-57H,11-15,19-20,23-37H2,1-10H3,(H,63,72)(H,64,75)(H,65,76)(H,78,79)(H,80,81)/t40-,41-,42+,44?,46-,47-,48-,49-,50+,54-,55-,56-,57+/m0/s1. The molecule has 85 heavy (non-hydrogen) atoms. The predicted molar refractivity (Wildman–Crippen MR) is 316 cm³/mol. The quantitative estimate of drug-likeness (QED) is 0.0533. The Morgan fingerprint density at radius 3 is 2.18 bits per heavy atom. The van der Waals surface area contributed by atoms with Crippen molar-refractivity contribution in [1.29, 1.82) is 0 Å². The molecular formula is C62H99N9O14. The second-order valence-corrected chi connectivity index (χ2v) is 24.0. The summed E-state index contributed by atoms with van der Waals surface area (Å²) in [5.41, 5.74) is 1.29. The number of carbonyl (C=O) groups is 8. The highest BCUT2D eigenvalue weighted by molar-refractivity contribution is 5.93. The van der Waals surface area contributed by atoms with E-state index in [0.717, 1.165) is 50.5 Å². The smallest absolute Gasteiger partial charge is 0.326 e. The van der Waals surface area contributed by atoms with Gasteiger partial charge < -0.3 is 59.8 Å². The molecule has 1 unspecified atom stereocenters. The van der Waals surface area contributed by atoms with Crippen LogP contribution >= 0.6 is 0 Å². The number of carboxylic acid groups (broad SMARTS) is 2. The van der Waals surface area contributed by atoms with Gasteiger partial charge in [0, 0.05) is 46.7 Å². The Balaban J connectivity index is 1.10. The Labute approximate surface area is 502 Å². The molecule has 3 fully saturated rings.